The van der Waals surface area contributed by atoms with Gasteiger partial charge in [0.15, 0.2) is 6.10 Å². The fourth-order valence-corrected chi connectivity index (χ4v) is 9.11. The van der Waals surface area contributed by atoms with E-state index in [9.17, 15) is 14.4 Å². The topological polar surface area (TPSA) is 78.9 Å². The second-order valence-corrected chi connectivity index (χ2v) is 21.3. The largest absolute Gasteiger partial charge is 0.462 e. The maximum absolute atomic E-state index is 12.9. The summed E-state index contributed by atoms with van der Waals surface area (Å²) < 4.78 is 16.8. The number of hydrogen-bond donors (Lipinski definition) is 0. The maximum atomic E-state index is 12.9. The zero-order valence-corrected chi connectivity index (χ0v) is 49.6. The zero-order valence-electron chi connectivity index (χ0n) is 49.6. The van der Waals surface area contributed by atoms with Crippen LogP contribution in [-0.2, 0) is 28.6 Å². The van der Waals surface area contributed by atoms with E-state index in [2.05, 4.69) is 99.8 Å². The monoisotopic (exact) mass is 1040 g/mol. The molecule has 0 aromatic heterocycles. The van der Waals surface area contributed by atoms with Gasteiger partial charge in [0.1, 0.15) is 13.2 Å². The number of hydrogen-bond acceptors (Lipinski definition) is 6. The zero-order chi connectivity index (χ0) is 54.3. The van der Waals surface area contributed by atoms with E-state index in [1.54, 1.807) is 0 Å². The Labute approximate surface area is 465 Å². The van der Waals surface area contributed by atoms with Crippen LogP contribution in [0.5, 0.6) is 0 Å². The van der Waals surface area contributed by atoms with E-state index in [-0.39, 0.29) is 37.5 Å². The molecule has 432 valence electrons. The quantitative estimate of drug-likeness (QED) is 0.0261. The summed E-state index contributed by atoms with van der Waals surface area (Å²) in [6.45, 7) is 6.48. The highest BCUT2D eigenvalue weighted by Gasteiger charge is 2.19. The highest BCUT2D eigenvalue weighted by atomic mass is 16.6. The van der Waals surface area contributed by atoms with Crippen molar-refractivity contribution in [2.75, 3.05) is 13.2 Å². The Kier molecular flexibility index (Phi) is 60.3. The number of carbonyl (C=O) groups excluding carboxylic acids is 3. The molecule has 0 saturated carbocycles. The summed E-state index contributed by atoms with van der Waals surface area (Å²) in [4.78, 5) is 38.2. The molecule has 1 atom stereocenters. The van der Waals surface area contributed by atoms with Crippen LogP contribution >= 0.6 is 0 Å². The summed E-state index contributed by atoms with van der Waals surface area (Å²) in [6.07, 6.45) is 83.2. The standard InChI is InChI=1S/C69H120O6/c1-4-7-10-13-16-19-22-25-27-29-31-33-34-36-37-39-41-44-47-50-53-56-59-62-68(71)74-65-66(64-73-67(70)61-58-55-52-49-46-43-24-21-18-15-12-9-6-3)75-69(72)63-60-57-54-51-48-45-42-40-38-35-32-30-28-26-23-20-17-14-11-8-5-2/h9,12,18,21-22,25,29,31,34,36,43,46,52,55,66H,4-8,10-11,13-17,19-20,23-24,26-28,30,32-33,35,37-42,44-45,47-51,53-54,56-65H2,1-3H3/b12-9-,21-18-,25-22-,31-29-,36-34-,46-43-,55-52-. The van der Waals surface area contributed by atoms with E-state index >= 15 is 0 Å². The van der Waals surface area contributed by atoms with Gasteiger partial charge in [-0.25, -0.2) is 0 Å². The molecule has 0 aromatic rings. The Bertz CT molecular complexity index is 1430. The molecule has 0 N–H and O–H groups in total. The third-order valence-corrected chi connectivity index (χ3v) is 13.9. The van der Waals surface area contributed by atoms with Gasteiger partial charge < -0.3 is 14.2 Å². The van der Waals surface area contributed by atoms with E-state index in [1.807, 2.05) is 6.08 Å². The fourth-order valence-electron chi connectivity index (χ4n) is 9.11. The van der Waals surface area contributed by atoms with Crippen LogP contribution in [0.2, 0.25) is 0 Å². The van der Waals surface area contributed by atoms with Crippen molar-refractivity contribution >= 4 is 17.9 Å². The summed E-state index contributed by atoms with van der Waals surface area (Å²) >= 11 is 0. The van der Waals surface area contributed by atoms with Crippen LogP contribution in [0.25, 0.3) is 0 Å². The normalized spacial score (nSPS) is 12.6. The Balaban J connectivity index is 4.36. The van der Waals surface area contributed by atoms with Crippen molar-refractivity contribution in [1.82, 2.24) is 0 Å². The van der Waals surface area contributed by atoms with Gasteiger partial charge in [-0.15, -0.1) is 0 Å². The molecular formula is C69H120O6. The molecule has 0 bridgehead atoms. The van der Waals surface area contributed by atoms with E-state index < -0.39 is 6.10 Å². The molecule has 6 heteroatoms. The first-order valence-corrected chi connectivity index (χ1v) is 32.1. The van der Waals surface area contributed by atoms with Crippen LogP contribution in [0.4, 0.5) is 0 Å². The van der Waals surface area contributed by atoms with Crippen LogP contribution in [-0.4, -0.2) is 37.2 Å². The highest BCUT2D eigenvalue weighted by Crippen LogP contribution is 2.17. The average Bonchev–Trinajstić information content (AvgIpc) is 3.41. The van der Waals surface area contributed by atoms with Crippen molar-refractivity contribution in [3.63, 3.8) is 0 Å². The molecule has 6 nitrogen and oxygen atoms in total. The molecule has 75 heavy (non-hydrogen) atoms. The summed E-state index contributed by atoms with van der Waals surface area (Å²) in [5.41, 5.74) is 0. The molecule has 0 spiro atoms. The van der Waals surface area contributed by atoms with E-state index in [4.69, 9.17) is 14.2 Å². The van der Waals surface area contributed by atoms with Gasteiger partial charge in [0.25, 0.3) is 0 Å². The van der Waals surface area contributed by atoms with Gasteiger partial charge in [0, 0.05) is 19.3 Å². The van der Waals surface area contributed by atoms with Crippen LogP contribution in [0, 0.1) is 0 Å². The van der Waals surface area contributed by atoms with Crippen molar-refractivity contribution in [2.45, 2.75) is 322 Å². The predicted octanol–water partition coefficient (Wildman–Crippen LogP) is 21.9. The van der Waals surface area contributed by atoms with E-state index in [1.165, 1.54) is 186 Å². The van der Waals surface area contributed by atoms with E-state index in [0.29, 0.717) is 19.3 Å². The van der Waals surface area contributed by atoms with Crippen molar-refractivity contribution in [3.05, 3.63) is 85.1 Å². The third kappa shape index (κ3) is 61.3. The highest BCUT2D eigenvalue weighted by molar-refractivity contribution is 5.71. The molecule has 0 aliphatic rings. The lowest BCUT2D eigenvalue weighted by Gasteiger charge is -2.18. The predicted molar refractivity (Wildman–Crippen MR) is 325 cm³/mol. The number of esters is 3. The van der Waals surface area contributed by atoms with Crippen molar-refractivity contribution in [1.29, 1.82) is 0 Å². The number of carbonyl (C=O) groups is 3. The second-order valence-electron chi connectivity index (χ2n) is 21.3. The molecular weight excluding hydrogens is 925 g/mol. The summed E-state index contributed by atoms with van der Waals surface area (Å²) in [6, 6.07) is 0. The molecule has 0 fully saturated rings. The Hall–Kier alpha value is -3.41. The molecule has 0 heterocycles. The van der Waals surface area contributed by atoms with E-state index in [0.717, 1.165) is 83.5 Å². The molecule has 0 saturated heterocycles. The average molecular weight is 1050 g/mol. The number of ether oxygens (including phenoxy) is 3. The minimum Gasteiger partial charge on any atom is -0.462 e. The van der Waals surface area contributed by atoms with Crippen LogP contribution in [0.15, 0.2) is 85.1 Å². The number of allylic oxidation sites excluding steroid dienone is 14. The first kappa shape index (κ1) is 71.6. The summed E-state index contributed by atoms with van der Waals surface area (Å²) in [5, 5.41) is 0. The van der Waals surface area contributed by atoms with Gasteiger partial charge in [-0.3, -0.25) is 14.4 Å². The molecule has 0 amide bonds. The van der Waals surface area contributed by atoms with Crippen molar-refractivity contribution in [3.8, 4) is 0 Å². The lowest BCUT2D eigenvalue weighted by molar-refractivity contribution is -0.166. The van der Waals surface area contributed by atoms with Gasteiger partial charge in [-0.05, 0) is 83.5 Å². The van der Waals surface area contributed by atoms with Gasteiger partial charge in [-0.1, -0.05) is 298 Å². The summed E-state index contributed by atoms with van der Waals surface area (Å²) in [7, 11) is 0. The van der Waals surface area contributed by atoms with Crippen LogP contribution in [0.3, 0.4) is 0 Å². The van der Waals surface area contributed by atoms with Crippen molar-refractivity contribution < 1.29 is 28.6 Å². The molecule has 1 unspecified atom stereocenters. The van der Waals surface area contributed by atoms with Gasteiger partial charge in [0.05, 0.1) is 0 Å². The lowest BCUT2D eigenvalue weighted by Crippen LogP contribution is -2.30. The Morgan fingerprint density at radius 2 is 0.547 bits per heavy atom. The fraction of sp³-hybridized carbons (Fsp3) is 0.754. The first-order chi connectivity index (χ1) is 37.0. The smallest absolute Gasteiger partial charge is 0.306 e. The van der Waals surface area contributed by atoms with Crippen molar-refractivity contribution in [2.24, 2.45) is 0 Å². The molecule has 0 radical (unpaired) electrons. The molecule has 0 aliphatic heterocycles. The third-order valence-electron chi connectivity index (χ3n) is 13.9. The second kappa shape index (κ2) is 63.1. The minimum atomic E-state index is -0.808. The van der Waals surface area contributed by atoms with Gasteiger partial charge >= 0.3 is 17.9 Å². The maximum Gasteiger partial charge on any atom is 0.306 e. The number of rotatable bonds is 58. The number of unbranched alkanes of at least 4 members (excludes halogenated alkanes) is 33. The Morgan fingerprint density at radius 3 is 0.893 bits per heavy atom. The Morgan fingerprint density at radius 1 is 0.280 bits per heavy atom. The SMILES string of the molecule is CC/C=C\C/C=C\C/C=C\C/C=C\CCC(=O)OCC(COC(=O)CCCCCCCCCC/C=C\C/C=C\C/C=C\CCCCCCC)OC(=O)CCCCCCCCCCCCCCCCCCCCCCC. The van der Waals surface area contributed by atoms with Gasteiger partial charge in [-0.2, -0.15) is 0 Å². The first-order valence-electron chi connectivity index (χ1n) is 32.1. The molecule has 0 rings (SSSR count). The van der Waals surface area contributed by atoms with Gasteiger partial charge in [0.2, 0.25) is 0 Å². The summed E-state index contributed by atoms with van der Waals surface area (Å²) in [5.74, 6) is -0.978. The van der Waals surface area contributed by atoms with Crippen LogP contribution < -0.4 is 0 Å². The molecule has 0 aliphatic carbocycles. The minimum absolute atomic E-state index is 0.100. The van der Waals surface area contributed by atoms with Crippen LogP contribution in [0.1, 0.15) is 316 Å². The lowest BCUT2D eigenvalue weighted by atomic mass is 10.0. The molecule has 0 aromatic carbocycles.